The van der Waals surface area contributed by atoms with Crippen molar-refractivity contribution in [2.45, 2.75) is 6.04 Å². The van der Waals surface area contributed by atoms with Crippen LogP contribution in [0, 0.1) is 0 Å². The summed E-state index contributed by atoms with van der Waals surface area (Å²) in [4.78, 5) is 4.66. The molecule has 0 spiro atoms. The fourth-order valence-electron chi connectivity index (χ4n) is 2.09. The average molecular weight is 271 g/mol. The number of ether oxygens (including phenoxy) is 1. The molecule has 3 rings (SSSR count). The average Bonchev–Trinajstić information content (AvgIpc) is 2.83. The van der Waals surface area contributed by atoms with E-state index in [4.69, 9.17) is 22.7 Å². The smallest absolute Gasteiger partial charge is 0.126 e. The Morgan fingerprint density at radius 2 is 2.16 bits per heavy atom. The molecule has 1 aliphatic heterocycles. The molecule has 3 N–H and O–H groups in total. The number of aromatic nitrogens is 1. The maximum atomic E-state index is 5.61. The molecule has 0 saturated heterocycles. The minimum absolute atomic E-state index is 0.124. The number of nitrogens with zero attached hydrogens (tertiary/aromatic N) is 1. The zero-order valence-corrected chi connectivity index (χ0v) is 11.0. The van der Waals surface area contributed by atoms with E-state index in [2.05, 4.69) is 16.4 Å². The van der Waals surface area contributed by atoms with Gasteiger partial charge in [0, 0.05) is 17.3 Å². The second-order valence-corrected chi connectivity index (χ2v) is 4.78. The second-order valence-electron chi connectivity index (χ2n) is 4.34. The Morgan fingerprint density at radius 3 is 2.89 bits per heavy atom. The lowest BCUT2D eigenvalue weighted by Crippen LogP contribution is -2.14. The number of nitrogens with one attached hydrogen (secondary N) is 1. The molecule has 1 aromatic carbocycles. The molecule has 0 radical (unpaired) electrons. The third kappa shape index (κ3) is 2.37. The number of thiocarbonyl (C=S) groups is 1. The first-order chi connectivity index (χ1) is 9.24. The van der Waals surface area contributed by atoms with Crippen molar-refractivity contribution in [1.82, 2.24) is 4.98 Å². The van der Waals surface area contributed by atoms with Crippen LogP contribution in [-0.4, -0.2) is 16.6 Å². The molecule has 1 atom stereocenters. The molecule has 1 aliphatic rings. The van der Waals surface area contributed by atoms with E-state index in [1.54, 1.807) is 6.20 Å². The number of rotatable bonds is 3. The first kappa shape index (κ1) is 11.9. The van der Waals surface area contributed by atoms with E-state index in [1.165, 1.54) is 0 Å². The number of anilines is 1. The Morgan fingerprint density at radius 1 is 1.32 bits per heavy atom. The van der Waals surface area contributed by atoms with Crippen LogP contribution in [0.1, 0.15) is 17.2 Å². The summed E-state index contributed by atoms with van der Waals surface area (Å²) < 4.78 is 5.61. The van der Waals surface area contributed by atoms with Crippen LogP contribution in [0.3, 0.4) is 0 Å². The highest BCUT2D eigenvalue weighted by Crippen LogP contribution is 2.33. The molecule has 2 heterocycles. The van der Waals surface area contributed by atoms with E-state index in [-0.39, 0.29) is 6.04 Å². The highest BCUT2D eigenvalue weighted by atomic mass is 32.1. The van der Waals surface area contributed by atoms with Gasteiger partial charge in [0.15, 0.2) is 0 Å². The van der Waals surface area contributed by atoms with Gasteiger partial charge >= 0.3 is 0 Å². The quantitative estimate of drug-likeness (QED) is 0.839. The van der Waals surface area contributed by atoms with E-state index in [0.29, 0.717) is 11.6 Å². The summed E-state index contributed by atoms with van der Waals surface area (Å²) in [7, 11) is 0. The molecule has 1 aromatic heterocycles. The molecule has 19 heavy (non-hydrogen) atoms. The van der Waals surface area contributed by atoms with Crippen LogP contribution in [0.4, 0.5) is 5.82 Å². The summed E-state index contributed by atoms with van der Waals surface area (Å²) in [5.74, 6) is 1.71. The number of para-hydroxylation sites is 1. The highest BCUT2D eigenvalue weighted by molar-refractivity contribution is 7.80. The van der Waals surface area contributed by atoms with Gasteiger partial charge in [-0.15, -0.1) is 0 Å². The normalized spacial score (nSPS) is 16.5. The van der Waals surface area contributed by atoms with E-state index >= 15 is 0 Å². The van der Waals surface area contributed by atoms with E-state index in [1.807, 2.05) is 30.3 Å². The monoisotopic (exact) mass is 271 g/mol. The molecule has 1 unspecified atom stereocenters. The Labute approximate surface area is 116 Å². The van der Waals surface area contributed by atoms with E-state index in [9.17, 15) is 0 Å². The van der Waals surface area contributed by atoms with Gasteiger partial charge in [-0.25, -0.2) is 4.98 Å². The van der Waals surface area contributed by atoms with Gasteiger partial charge < -0.3 is 15.8 Å². The summed E-state index contributed by atoms with van der Waals surface area (Å²) in [6, 6.07) is 11.9. The molecule has 0 amide bonds. The predicted molar refractivity (Wildman–Crippen MR) is 78.4 cm³/mol. The maximum absolute atomic E-state index is 5.61. The molecule has 0 aliphatic carbocycles. The summed E-state index contributed by atoms with van der Waals surface area (Å²) in [5, 5.41) is 3.34. The molecule has 5 heteroatoms. The third-order valence-electron chi connectivity index (χ3n) is 3.07. The van der Waals surface area contributed by atoms with Gasteiger partial charge in [-0.1, -0.05) is 30.4 Å². The van der Waals surface area contributed by atoms with Gasteiger partial charge in [-0.3, -0.25) is 0 Å². The van der Waals surface area contributed by atoms with Gasteiger partial charge in [0.1, 0.15) is 23.2 Å². The minimum atomic E-state index is 0.124. The standard InChI is InChI=1S/C14H13N3OS/c15-14(19)9-5-6-13(16-7-9)17-11-8-18-12-4-2-1-3-10(11)12/h1-7,11H,8H2,(H2,15,19)(H,16,17). The van der Waals surface area contributed by atoms with Crippen molar-refractivity contribution in [2.24, 2.45) is 5.73 Å². The Balaban J connectivity index is 1.78. The number of benzene rings is 1. The molecule has 0 bridgehead atoms. The predicted octanol–water partition coefficient (Wildman–Crippen LogP) is 2.26. The van der Waals surface area contributed by atoms with Crippen molar-refractivity contribution >= 4 is 23.0 Å². The van der Waals surface area contributed by atoms with Gasteiger partial charge in [0.05, 0.1) is 6.04 Å². The lowest BCUT2D eigenvalue weighted by molar-refractivity contribution is 0.339. The van der Waals surface area contributed by atoms with Gasteiger partial charge in [-0.05, 0) is 18.2 Å². The molecule has 4 nitrogen and oxygen atoms in total. The first-order valence-electron chi connectivity index (χ1n) is 5.98. The first-order valence-corrected chi connectivity index (χ1v) is 6.39. The number of hydrogen-bond acceptors (Lipinski definition) is 4. The molecule has 2 aromatic rings. The summed E-state index contributed by atoms with van der Waals surface area (Å²) in [6.07, 6.45) is 1.67. The van der Waals surface area contributed by atoms with E-state index in [0.717, 1.165) is 22.7 Å². The number of pyridine rings is 1. The van der Waals surface area contributed by atoms with Gasteiger partial charge in [0.2, 0.25) is 0 Å². The SMILES string of the molecule is NC(=S)c1ccc(NC2COc3ccccc32)nc1. The lowest BCUT2D eigenvalue weighted by Gasteiger charge is -2.12. The van der Waals surface area contributed by atoms with Crippen LogP contribution >= 0.6 is 12.2 Å². The van der Waals surface area contributed by atoms with Crippen LogP contribution in [0.2, 0.25) is 0 Å². The van der Waals surface area contributed by atoms with Crippen molar-refractivity contribution in [3.8, 4) is 5.75 Å². The Hall–Kier alpha value is -2.14. The van der Waals surface area contributed by atoms with Crippen molar-refractivity contribution in [3.63, 3.8) is 0 Å². The lowest BCUT2D eigenvalue weighted by atomic mass is 10.1. The molecule has 96 valence electrons. The molecule has 0 saturated carbocycles. The topological polar surface area (TPSA) is 60.2 Å². The largest absolute Gasteiger partial charge is 0.491 e. The fraction of sp³-hybridized carbons (Fsp3) is 0.143. The van der Waals surface area contributed by atoms with Crippen LogP contribution in [0.15, 0.2) is 42.6 Å². The summed E-state index contributed by atoms with van der Waals surface area (Å²) in [5.41, 5.74) is 7.46. The molecule has 0 fully saturated rings. The molecular formula is C14H13N3OS. The van der Waals surface area contributed by atoms with Crippen molar-refractivity contribution in [2.75, 3.05) is 11.9 Å². The highest BCUT2D eigenvalue weighted by Gasteiger charge is 2.23. The van der Waals surface area contributed by atoms with Gasteiger partial charge in [-0.2, -0.15) is 0 Å². The number of fused-ring (bicyclic) bond motifs is 1. The van der Waals surface area contributed by atoms with Crippen molar-refractivity contribution in [3.05, 3.63) is 53.7 Å². The fourth-order valence-corrected chi connectivity index (χ4v) is 2.21. The van der Waals surface area contributed by atoms with Crippen molar-refractivity contribution in [1.29, 1.82) is 0 Å². The number of nitrogens with two attached hydrogens (primary N) is 1. The second kappa shape index (κ2) is 4.85. The van der Waals surface area contributed by atoms with Crippen LogP contribution in [0.25, 0.3) is 0 Å². The van der Waals surface area contributed by atoms with Crippen LogP contribution in [-0.2, 0) is 0 Å². The van der Waals surface area contributed by atoms with E-state index < -0.39 is 0 Å². The van der Waals surface area contributed by atoms with Crippen LogP contribution in [0.5, 0.6) is 5.75 Å². The maximum Gasteiger partial charge on any atom is 0.126 e. The third-order valence-corrected chi connectivity index (χ3v) is 3.31. The minimum Gasteiger partial charge on any atom is -0.491 e. The zero-order valence-electron chi connectivity index (χ0n) is 10.2. The summed E-state index contributed by atoms with van der Waals surface area (Å²) >= 11 is 4.90. The molecular weight excluding hydrogens is 258 g/mol. The Kier molecular flexibility index (Phi) is 3.05. The van der Waals surface area contributed by atoms with Crippen molar-refractivity contribution < 1.29 is 4.74 Å². The van der Waals surface area contributed by atoms with Crippen LogP contribution < -0.4 is 15.8 Å². The van der Waals surface area contributed by atoms with Gasteiger partial charge in [0.25, 0.3) is 0 Å². The number of hydrogen-bond donors (Lipinski definition) is 2. The summed E-state index contributed by atoms with van der Waals surface area (Å²) in [6.45, 7) is 0.609. The Bertz CT molecular complexity index is 612. The zero-order chi connectivity index (χ0) is 13.2.